The first kappa shape index (κ1) is 8.25. The summed E-state index contributed by atoms with van der Waals surface area (Å²) in [6.45, 7) is 5.11. The molecule has 0 aliphatic heterocycles. The van der Waals surface area contributed by atoms with Gasteiger partial charge in [0, 0.05) is 0 Å². The highest BCUT2D eigenvalue weighted by Crippen LogP contribution is 2.24. The molecule has 0 nitrogen and oxygen atoms in total. The van der Waals surface area contributed by atoms with Gasteiger partial charge in [-0.1, -0.05) is 29.8 Å². The van der Waals surface area contributed by atoms with Crippen LogP contribution in [0.15, 0.2) is 24.3 Å². The van der Waals surface area contributed by atoms with Crippen molar-refractivity contribution < 1.29 is 4.39 Å². The number of alkyl halides is 1. The molecule has 0 saturated heterocycles. The summed E-state index contributed by atoms with van der Waals surface area (Å²) >= 11 is 0. The Balaban J connectivity index is 3.06. The molecule has 0 saturated carbocycles. The van der Waals surface area contributed by atoms with Crippen molar-refractivity contribution in [1.29, 1.82) is 0 Å². The smallest absolute Gasteiger partial charge is 0.130 e. The molecule has 60 valence electrons. The number of aryl methyl sites for hydroxylation is 1. The molecule has 0 N–H and O–H groups in total. The van der Waals surface area contributed by atoms with E-state index in [1.807, 2.05) is 31.2 Å². The lowest BCUT2D eigenvalue weighted by Crippen LogP contribution is -2.08. The molecule has 1 aromatic carbocycles. The molecule has 0 heterocycles. The number of halogens is 1. The van der Waals surface area contributed by atoms with Crippen molar-refractivity contribution >= 4 is 0 Å². The Kier molecular flexibility index (Phi) is 1.99. The van der Waals surface area contributed by atoms with Crippen molar-refractivity contribution in [3.05, 3.63) is 35.4 Å². The van der Waals surface area contributed by atoms with Gasteiger partial charge in [-0.15, -0.1) is 0 Å². The highest BCUT2D eigenvalue weighted by molar-refractivity contribution is 5.26. The fourth-order valence-corrected chi connectivity index (χ4v) is 1.01. The van der Waals surface area contributed by atoms with Crippen molar-refractivity contribution in [3.8, 4) is 0 Å². The number of hydrogen-bond donors (Lipinski definition) is 0. The van der Waals surface area contributed by atoms with Gasteiger partial charge in [-0.3, -0.25) is 0 Å². The minimum atomic E-state index is -1.22. The van der Waals surface area contributed by atoms with Crippen LogP contribution in [0.2, 0.25) is 0 Å². The molecule has 0 bridgehead atoms. The van der Waals surface area contributed by atoms with Gasteiger partial charge < -0.3 is 0 Å². The van der Waals surface area contributed by atoms with Crippen LogP contribution in [0.3, 0.4) is 0 Å². The summed E-state index contributed by atoms with van der Waals surface area (Å²) in [5.41, 5.74) is 0.636. The minimum Gasteiger partial charge on any atom is -0.239 e. The van der Waals surface area contributed by atoms with E-state index in [0.29, 0.717) is 0 Å². The van der Waals surface area contributed by atoms with Crippen molar-refractivity contribution in [2.24, 2.45) is 0 Å². The average Bonchev–Trinajstić information content (AvgIpc) is 1.86. The first-order valence-corrected chi connectivity index (χ1v) is 3.76. The van der Waals surface area contributed by atoms with Crippen LogP contribution in [-0.4, -0.2) is 0 Å². The summed E-state index contributed by atoms with van der Waals surface area (Å²) in [6.07, 6.45) is 0. The average molecular weight is 152 g/mol. The fraction of sp³-hybridized carbons (Fsp3) is 0.400. The predicted molar refractivity (Wildman–Crippen MR) is 45.3 cm³/mol. The first-order valence-electron chi connectivity index (χ1n) is 3.76. The fourth-order valence-electron chi connectivity index (χ4n) is 1.01. The minimum absolute atomic E-state index is 0.748. The van der Waals surface area contributed by atoms with E-state index >= 15 is 0 Å². The summed E-state index contributed by atoms with van der Waals surface area (Å²) in [7, 11) is 0. The molecule has 0 aromatic heterocycles. The summed E-state index contributed by atoms with van der Waals surface area (Å²) in [6, 6.07) is 7.54. The van der Waals surface area contributed by atoms with Gasteiger partial charge in [-0.2, -0.15) is 0 Å². The zero-order valence-electron chi connectivity index (χ0n) is 7.19. The Morgan fingerprint density at radius 2 is 1.91 bits per heavy atom. The monoisotopic (exact) mass is 152 g/mol. The van der Waals surface area contributed by atoms with Crippen LogP contribution < -0.4 is 0 Å². The standard InChI is InChI=1S/C10H13F/c1-8-5-4-6-9(7-8)10(2,3)11/h4-7H,1-3H3. The van der Waals surface area contributed by atoms with Crippen molar-refractivity contribution in [1.82, 2.24) is 0 Å². The van der Waals surface area contributed by atoms with Crippen LogP contribution in [0.25, 0.3) is 0 Å². The molecular formula is C10H13F. The lowest BCUT2D eigenvalue weighted by atomic mass is 9.99. The third-order valence-corrected chi connectivity index (χ3v) is 1.70. The van der Waals surface area contributed by atoms with E-state index in [1.54, 1.807) is 13.8 Å². The second kappa shape index (κ2) is 2.65. The van der Waals surface area contributed by atoms with E-state index in [2.05, 4.69) is 0 Å². The lowest BCUT2D eigenvalue weighted by molar-refractivity contribution is 0.221. The number of benzene rings is 1. The highest BCUT2D eigenvalue weighted by Gasteiger charge is 2.17. The van der Waals surface area contributed by atoms with Gasteiger partial charge >= 0.3 is 0 Å². The molecule has 0 amide bonds. The Hall–Kier alpha value is -0.850. The molecule has 0 aliphatic rings. The lowest BCUT2D eigenvalue weighted by Gasteiger charge is -2.14. The molecular weight excluding hydrogens is 139 g/mol. The number of hydrogen-bond acceptors (Lipinski definition) is 0. The van der Waals surface area contributed by atoms with Crippen molar-refractivity contribution in [2.75, 3.05) is 0 Å². The molecule has 1 aromatic rings. The maximum atomic E-state index is 13.3. The summed E-state index contributed by atoms with van der Waals surface area (Å²) < 4.78 is 13.3. The van der Waals surface area contributed by atoms with Gasteiger partial charge in [0.25, 0.3) is 0 Å². The highest BCUT2D eigenvalue weighted by atomic mass is 19.1. The zero-order chi connectivity index (χ0) is 8.48. The molecule has 0 unspecified atom stereocenters. The third kappa shape index (κ3) is 2.04. The maximum Gasteiger partial charge on any atom is 0.130 e. The van der Waals surface area contributed by atoms with Crippen LogP contribution >= 0.6 is 0 Å². The topological polar surface area (TPSA) is 0 Å². The van der Waals surface area contributed by atoms with Crippen molar-refractivity contribution in [3.63, 3.8) is 0 Å². The molecule has 0 radical (unpaired) electrons. The molecule has 1 heteroatoms. The molecule has 0 aliphatic carbocycles. The molecule has 0 spiro atoms. The SMILES string of the molecule is Cc1cccc(C(C)(C)F)c1. The van der Waals surface area contributed by atoms with Gasteiger partial charge in [-0.25, -0.2) is 4.39 Å². The molecule has 1 rings (SSSR count). The second-order valence-electron chi connectivity index (χ2n) is 3.34. The molecule has 0 fully saturated rings. The first-order chi connectivity index (χ1) is 5.00. The van der Waals surface area contributed by atoms with Gasteiger partial charge in [0.05, 0.1) is 0 Å². The second-order valence-corrected chi connectivity index (χ2v) is 3.34. The van der Waals surface area contributed by atoms with E-state index in [-0.39, 0.29) is 0 Å². The number of rotatable bonds is 1. The van der Waals surface area contributed by atoms with Crippen LogP contribution in [0.1, 0.15) is 25.0 Å². The summed E-state index contributed by atoms with van der Waals surface area (Å²) in [5.74, 6) is 0. The largest absolute Gasteiger partial charge is 0.239 e. The van der Waals surface area contributed by atoms with Crippen LogP contribution in [-0.2, 0) is 5.67 Å². The summed E-state index contributed by atoms with van der Waals surface area (Å²) in [5, 5.41) is 0. The van der Waals surface area contributed by atoms with Gasteiger partial charge in [0.2, 0.25) is 0 Å². The van der Waals surface area contributed by atoms with E-state index < -0.39 is 5.67 Å². The van der Waals surface area contributed by atoms with Crippen LogP contribution in [0.4, 0.5) is 4.39 Å². The zero-order valence-corrected chi connectivity index (χ0v) is 7.19. The predicted octanol–water partition coefficient (Wildman–Crippen LogP) is 3.20. The normalized spacial score (nSPS) is 11.6. The van der Waals surface area contributed by atoms with Crippen LogP contribution in [0.5, 0.6) is 0 Å². The van der Waals surface area contributed by atoms with Crippen molar-refractivity contribution in [2.45, 2.75) is 26.4 Å². The van der Waals surface area contributed by atoms with Gasteiger partial charge in [-0.05, 0) is 26.3 Å². The maximum absolute atomic E-state index is 13.3. The van der Waals surface area contributed by atoms with Gasteiger partial charge in [0.15, 0.2) is 0 Å². The van der Waals surface area contributed by atoms with E-state index in [4.69, 9.17) is 0 Å². The summed E-state index contributed by atoms with van der Waals surface area (Å²) in [4.78, 5) is 0. The Morgan fingerprint density at radius 3 is 2.27 bits per heavy atom. The van der Waals surface area contributed by atoms with E-state index in [9.17, 15) is 4.39 Å². The van der Waals surface area contributed by atoms with Crippen LogP contribution in [0, 0.1) is 6.92 Å². The van der Waals surface area contributed by atoms with E-state index in [0.717, 1.165) is 11.1 Å². The van der Waals surface area contributed by atoms with Gasteiger partial charge in [0.1, 0.15) is 5.67 Å². The Bertz CT molecular complexity index is 245. The Labute approximate surface area is 67.1 Å². The Morgan fingerprint density at radius 1 is 1.27 bits per heavy atom. The third-order valence-electron chi connectivity index (χ3n) is 1.70. The molecule has 11 heavy (non-hydrogen) atoms. The quantitative estimate of drug-likeness (QED) is 0.579. The molecule has 0 atom stereocenters. The van der Waals surface area contributed by atoms with E-state index in [1.165, 1.54) is 0 Å².